The van der Waals surface area contributed by atoms with Crippen molar-refractivity contribution in [1.29, 1.82) is 0 Å². The van der Waals surface area contributed by atoms with Gasteiger partial charge in [0.1, 0.15) is 0 Å². The van der Waals surface area contributed by atoms with Crippen LogP contribution in [0, 0.1) is 0 Å². The number of fused-ring (bicyclic) bond motifs is 2. The summed E-state index contributed by atoms with van der Waals surface area (Å²) in [4.78, 5) is 32.4. The lowest BCUT2D eigenvalue weighted by Crippen LogP contribution is -2.40. The number of para-hydroxylation sites is 1. The van der Waals surface area contributed by atoms with Gasteiger partial charge in [0, 0.05) is 31.4 Å². The molecule has 0 saturated carbocycles. The van der Waals surface area contributed by atoms with Crippen LogP contribution in [0.3, 0.4) is 0 Å². The Balaban J connectivity index is 1.48. The summed E-state index contributed by atoms with van der Waals surface area (Å²) in [6.07, 6.45) is 1.95. The molecule has 0 radical (unpaired) electrons. The van der Waals surface area contributed by atoms with Gasteiger partial charge in [0.15, 0.2) is 5.69 Å². The maximum Gasteiger partial charge on any atom is 0.274 e. The SMILES string of the molecule is Cn1nc(C(=O)N2CCCC(c3nc4ccccc4s3)C2)c2ccccc2c1=O. The molecule has 2 aromatic heterocycles. The van der Waals surface area contributed by atoms with E-state index in [-0.39, 0.29) is 17.4 Å². The van der Waals surface area contributed by atoms with Crippen molar-refractivity contribution >= 4 is 38.2 Å². The van der Waals surface area contributed by atoms with Gasteiger partial charge in [-0.2, -0.15) is 5.10 Å². The van der Waals surface area contributed by atoms with E-state index in [1.165, 1.54) is 9.38 Å². The molecular weight excluding hydrogens is 384 g/mol. The summed E-state index contributed by atoms with van der Waals surface area (Å²) in [6, 6.07) is 15.3. The first-order valence-electron chi connectivity index (χ1n) is 9.72. The summed E-state index contributed by atoms with van der Waals surface area (Å²) in [5.41, 5.74) is 1.16. The summed E-state index contributed by atoms with van der Waals surface area (Å²) < 4.78 is 2.43. The van der Waals surface area contributed by atoms with Crippen LogP contribution in [0.25, 0.3) is 21.0 Å². The number of benzene rings is 2. The van der Waals surface area contributed by atoms with Gasteiger partial charge in [-0.1, -0.05) is 30.3 Å². The number of aryl methyl sites for hydroxylation is 1. The van der Waals surface area contributed by atoms with Crippen LogP contribution in [-0.4, -0.2) is 38.7 Å². The van der Waals surface area contributed by atoms with Crippen LogP contribution in [0.2, 0.25) is 0 Å². The number of aromatic nitrogens is 3. The lowest BCUT2D eigenvalue weighted by Gasteiger charge is -2.31. The zero-order valence-electron chi connectivity index (χ0n) is 16.0. The molecule has 1 unspecified atom stereocenters. The lowest BCUT2D eigenvalue weighted by atomic mass is 9.98. The molecule has 1 amide bonds. The van der Waals surface area contributed by atoms with E-state index in [0.717, 1.165) is 23.4 Å². The van der Waals surface area contributed by atoms with E-state index in [0.29, 0.717) is 29.6 Å². The van der Waals surface area contributed by atoms with Gasteiger partial charge in [-0.15, -0.1) is 11.3 Å². The number of hydrogen-bond acceptors (Lipinski definition) is 5. The molecule has 1 saturated heterocycles. The lowest BCUT2D eigenvalue weighted by molar-refractivity contribution is 0.0701. The first-order chi connectivity index (χ1) is 14.1. The molecule has 0 aliphatic carbocycles. The first-order valence-corrected chi connectivity index (χ1v) is 10.5. The van der Waals surface area contributed by atoms with Crippen molar-refractivity contribution in [2.45, 2.75) is 18.8 Å². The van der Waals surface area contributed by atoms with Crippen LogP contribution in [0.4, 0.5) is 0 Å². The molecule has 1 atom stereocenters. The zero-order valence-corrected chi connectivity index (χ0v) is 16.9. The van der Waals surface area contributed by atoms with Crippen molar-refractivity contribution in [3.63, 3.8) is 0 Å². The van der Waals surface area contributed by atoms with E-state index in [1.807, 2.05) is 35.2 Å². The molecule has 1 fully saturated rings. The maximum absolute atomic E-state index is 13.4. The van der Waals surface area contributed by atoms with Crippen LogP contribution in [-0.2, 0) is 7.05 Å². The normalized spacial score (nSPS) is 17.1. The fourth-order valence-electron chi connectivity index (χ4n) is 4.04. The van der Waals surface area contributed by atoms with Gasteiger partial charge >= 0.3 is 0 Å². The molecule has 1 aliphatic rings. The van der Waals surface area contributed by atoms with E-state index >= 15 is 0 Å². The van der Waals surface area contributed by atoms with Crippen molar-refractivity contribution in [2.24, 2.45) is 7.05 Å². The van der Waals surface area contributed by atoms with Crippen molar-refractivity contribution in [1.82, 2.24) is 19.7 Å². The highest BCUT2D eigenvalue weighted by Crippen LogP contribution is 2.33. The standard InChI is InChI=1S/C22H20N4O2S/c1-25-21(27)16-9-3-2-8-15(16)19(24-25)22(28)26-12-6-7-14(13-26)20-23-17-10-4-5-11-18(17)29-20/h2-5,8-11,14H,6-7,12-13H2,1H3. The number of rotatable bonds is 2. The molecular formula is C22H20N4O2S. The highest BCUT2D eigenvalue weighted by Gasteiger charge is 2.29. The summed E-state index contributed by atoms with van der Waals surface area (Å²) in [6.45, 7) is 1.32. The number of nitrogens with zero attached hydrogens (tertiary/aromatic N) is 4. The van der Waals surface area contributed by atoms with Gasteiger partial charge in [0.25, 0.3) is 11.5 Å². The Morgan fingerprint density at radius 1 is 1.10 bits per heavy atom. The highest BCUT2D eigenvalue weighted by molar-refractivity contribution is 7.18. The predicted molar refractivity (Wildman–Crippen MR) is 114 cm³/mol. The molecule has 146 valence electrons. The Bertz CT molecular complexity index is 1260. The third-order valence-corrected chi connectivity index (χ3v) is 6.73. The quantitative estimate of drug-likeness (QED) is 0.512. The van der Waals surface area contributed by atoms with Crippen LogP contribution in [0.5, 0.6) is 0 Å². The Morgan fingerprint density at radius 3 is 2.69 bits per heavy atom. The van der Waals surface area contributed by atoms with Crippen molar-refractivity contribution < 1.29 is 4.79 Å². The molecule has 0 bridgehead atoms. The van der Waals surface area contributed by atoms with E-state index in [4.69, 9.17) is 4.98 Å². The second-order valence-corrected chi connectivity index (χ2v) is 8.50. The second kappa shape index (κ2) is 7.08. The third kappa shape index (κ3) is 3.11. The minimum atomic E-state index is -0.192. The second-order valence-electron chi connectivity index (χ2n) is 7.43. The molecule has 0 N–H and O–H groups in total. The zero-order chi connectivity index (χ0) is 20.0. The van der Waals surface area contributed by atoms with Gasteiger partial charge in [-0.25, -0.2) is 9.67 Å². The molecule has 7 heteroatoms. The third-order valence-electron chi connectivity index (χ3n) is 5.53. The number of likely N-dealkylation sites (tertiary alicyclic amines) is 1. The van der Waals surface area contributed by atoms with E-state index in [1.54, 1.807) is 30.5 Å². The summed E-state index contributed by atoms with van der Waals surface area (Å²) >= 11 is 1.71. The molecule has 29 heavy (non-hydrogen) atoms. The number of hydrogen-bond donors (Lipinski definition) is 0. The topological polar surface area (TPSA) is 68.1 Å². The highest BCUT2D eigenvalue weighted by atomic mass is 32.1. The van der Waals surface area contributed by atoms with Gasteiger partial charge in [-0.3, -0.25) is 9.59 Å². The van der Waals surface area contributed by atoms with E-state index in [9.17, 15) is 9.59 Å². The van der Waals surface area contributed by atoms with Crippen molar-refractivity contribution in [3.05, 3.63) is 69.6 Å². The van der Waals surface area contributed by atoms with Crippen LogP contribution >= 0.6 is 11.3 Å². The molecule has 3 heterocycles. The molecule has 5 rings (SSSR count). The molecule has 0 spiro atoms. The maximum atomic E-state index is 13.4. The fourth-order valence-corrected chi connectivity index (χ4v) is 5.13. The Kier molecular flexibility index (Phi) is 4.39. The van der Waals surface area contributed by atoms with Gasteiger partial charge in [-0.05, 0) is 31.0 Å². The largest absolute Gasteiger partial charge is 0.337 e. The smallest absolute Gasteiger partial charge is 0.274 e. The number of piperidine rings is 1. The van der Waals surface area contributed by atoms with Gasteiger partial charge in [0.2, 0.25) is 0 Å². The van der Waals surface area contributed by atoms with Crippen molar-refractivity contribution in [2.75, 3.05) is 13.1 Å². The van der Waals surface area contributed by atoms with E-state index in [2.05, 4.69) is 11.2 Å². The summed E-state index contributed by atoms with van der Waals surface area (Å²) in [7, 11) is 1.59. The Hall–Kier alpha value is -3.06. The number of amides is 1. The summed E-state index contributed by atoms with van der Waals surface area (Å²) in [5, 5.41) is 6.53. The van der Waals surface area contributed by atoms with Crippen molar-refractivity contribution in [3.8, 4) is 0 Å². The predicted octanol–water partition coefficient (Wildman–Crippen LogP) is 3.56. The van der Waals surface area contributed by atoms with E-state index < -0.39 is 0 Å². The van der Waals surface area contributed by atoms with Gasteiger partial charge in [0.05, 0.1) is 20.6 Å². The number of carbonyl (C=O) groups excluding carboxylic acids is 1. The minimum Gasteiger partial charge on any atom is -0.337 e. The molecule has 2 aromatic carbocycles. The molecule has 1 aliphatic heterocycles. The fraction of sp³-hybridized carbons (Fsp3) is 0.273. The average Bonchev–Trinajstić information content (AvgIpc) is 3.20. The molecule has 6 nitrogen and oxygen atoms in total. The summed E-state index contributed by atoms with van der Waals surface area (Å²) in [5.74, 6) is 0.103. The van der Waals surface area contributed by atoms with Gasteiger partial charge < -0.3 is 4.90 Å². The number of carbonyl (C=O) groups is 1. The minimum absolute atomic E-state index is 0.123. The first kappa shape index (κ1) is 18.0. The Morgan fingerprint density at radius 2 is 1.86 bits per heavy atom. The number of thiazole rings is 1. The van der Waals surface area contributed by atoms with Crippen LogP contribution < -0.4 is 5.56 Å². The van der Waals surface area contributed by atoms with Crippen LogP contribution in [0.1, 0.15) is 34.3 Å². The van der Waals surface area contributed by atoms with Crippen LogP contribution in [0.15, 0.2) is 53.3 Å². The average molecular weight is 404 g/mol. The Labute approximate surface area is 171 Å². The molecule has 4 aromatic rings. The monoisotopic (exact) mass is 404 g/mol.